The summed E-state index contributed by atoms with van der Waals surface area (Å²) in [6.45, 7) is 3.39. The van der Waals surface area contributed by atoms with Gasteiger partial charge in [-0.25, -0.2) is 8.70 Å². The highest BCUT2D eigenvalue weighted by Crippen LogP contribution is 2.19. The quantitative estimate of drug-likeness (QED) is 0.820. The molecule has 0 bridgehead atoms. The van der Waals surface area contributed by atoms with Crippen LogP contribution in [0.25, 0.3) is 0 Å². The summed E-state index contributed by atoms with van der Waals surface area (Å²) in [5, 5.41) is 2.71. The Morgan fingerprint density at radius 2 is 1.82 bits per heavy atom. The second-order valence-electron chi connectivity index (χ2n) is 5.15. The Bertz CT molecular complexity index is 602. The summed E-state index contributed by atoms with van der Waals surface area (Å²) in [6, 6.07) is 4.91. The maximum absolute atomic E-state index is 13.0. The Kier molecular flexibility index (Phi) is 6.31. The van der Waals surface area contributed by atoms with Crippen molar-refractivity contribution in [1.29, 1.82) is 0 Å². The summed E-state index contributed by atoms with van der Waals surface area (Å²) in [6.07, 6.45) is 0.739. The largest absolute Gasteiger partial charge is 0.352 e. The second kappa shape index (κ2) is 7.55. The standard InChI is InChI=1S/C14H22FN3O3S/c1-5-11(2)16-14(19)10-18(22(20,21)17(3)4)13-8-6-12(15)7-9-13/h6-9,11H,5,10H2,1-4H3,(H,16,19). The fourth-order valence-corrected chi connectivity index (χ4v) is 2.73. The molecule has 0 saturated carbocycles. The van der Waals surface area contributed by atoms with Crippen molar-refractivity contribution in [1.82, 2.24) is 9.62 Å². The Morgan fingerprint density at radius 1 is 1.27 bits per heavy atom. The van der Waals surface area contributed by atoms with E-state index in [0.29, 0.717) is 0 Å². The minimum absolute atomic E-state index is 0.0513. The number of anilines is 1. The van der Waals surface area contributed by atoms with Crippen molar-refractivity contribution in [3.8, 4) is 0 Å². The molecule has 0 fully saturated rings. The van der Waals surface area contributed by atoms with E-state index in [4.69, 9.17) is 0 Å². The number of nitrogens with one attached hydrogen (secondary N) is 1. The third-order valence-corrected chi connectivity index (χ3v) is 4.98. The molecule has 0 aliphatic rings. The van der Waals surface area contributed by atoms with Crippen molar-refractivity contribution in [3.63, 3.8) is 0 Å². The summed E-state index contributed by atoms with van der Waals surface area (Å²) in [5.74, 6) is -0.890. The lowest BCUT2D eigenvalue weighted by atomic mass is 10.2. The van der Waals surface area contributed by atoms with E-state index in [-0.39, 0.29) is 18.3 Å². The summed E-state index contributed by atoms with van der Waals surface area (Å²) in [4.78, 5) is 12.0. The summed E-state index contributed by atoms with van der Waals surface area (Å²) >= 11 is 0. The minimum Gasteiger partial charge on any atom is -0.352 e. The molecule has 0 aliphatic heterocycles. The molecular formula is C14H22FN3O3S. The third-order valence-electron chi connectivity index (χ3n) is 3.16. The minimum atomic E-state index is -3.86. The van der Waals surface area contributed by atoms with Crippen molar-refractivity contribution < 1.29 is 17.6 Å². The maximum atomic E-state index is 13.0. The molecule has 6 nitrogen and oxygen atoms in total. The van der Waals surface area contributed by atoms with Crippen LogP contribution in [0.15, 0.2) is 24.3 Å². The highest BCUT2D eigenvalue weighted by molar-refractivity contribution is 7.90. The molecule has 1 aromatic carbocycles. The Morgan fingerprint density at radius 3 is 2.27 bits per heavy atom. The molecule has 0 spiro atoms. The second-order valence-corrected chi connectivity index (χ2v) is 7.22. The number of hydrogen-bond acceptors (Lipinski definition) is 3. The molecule has 0 aliphatic carbocycles. The predicted octanol–water partition coefficient (Wildman–Crippen LogP) is 1.35. The van der Waals surface area contributed by atoms with E-state index >= 15 is 0 Å². The molecule has 1 aromatic rings. The molecule has 0 saturated heterocycles. The first kappa shape index (κ1) is 18.4. The van der Waals surface area contributed by atoms with Gasteiger partial charge in [0.1, 0.15) is 12.4 Å². The molecule has 124 valence electrons. The first-order valence-electron chi connectivity index (χ1n) is 6.93. The van der Waals surface area contributed by atoms with Gasteiger partial charge < -0.3 is 5.32 Å². The molecular weight excluding hydrogens is 309 g/mol. The smallest absolute Gasteiger partial charge is 0.304 e. The highest BCUT2D eigenvalue weighted by atomic mass is 32.2. The van der Waals surface area contributed by atoms with E-state index in [2.05, 4.69) is 5.32 Å². The summed E-state index contributed by atoms with van der Waals surface area (Å²) in [7, 11) is -1.11. The Hall–Kier alpha value is -1.67. The lowest BCUT2D eigenvalue weighted by Gasteiger charge is -2.27. The highest BCUT2D eigenvalue weighted by Gasteiger charge is 2.27. The fraction of sp³-hybridized carbons (Fsp3) is 0.500. The molecule has 1 unspecified atom stereocenters. The van der Waals surface area contributed by atoms with Gasteiger partial charge in [0.2, 0.25) is 5.91 Å². The number of rotatable bonds is 7. The molecule has 0 heterocycles. The van der Waals surface area contributed by atoms with E-state index in [1.807, 2.05) is 13.8 Å². The van der Waals surface area contributed by atoms with Gasteiger partial charge in [-0.2, -0.15) is 12.7 Å². The van der Waals surface area contributed by atoms with Crippen molar-refractivity contribution >= 4 is 21.8 Å². The average molecular weight is 331 g/mol. The zero-order chi connectivity index (χ0) is 16.9. The average Bonchev–Trinajstić information content (AvgIpc) is 2.45. The number of nitrogens with zero attached hydrogens (tertiary/aromatic N) is 2. The fourth-order valence-electron chi connectivity index (χ4n) is 1.66. The van der Waals surface area contributed by atoms with Gasteiger partial charge in [0, 0.05) is 20.1 Å². The third kappa shape index (κ3) is 4.67. The zero-order valence-corrected chi connectivity index (χ0v) is 14.0. The van der Waals surface area contributed by atoms with E-state index in [9.17, 15) is 17.6 Å². The number of halogens is 1. The van der Waals surface area contributed by atoms with Crippen molar-refractivity contribution in [2.24, 2.45) is 0 Å². The van der Waals surface area contributed by atoms with Crippen LogP contribution in [0, 0.1) is 5.82 Å². The van der Waals surface area contributed by atoms with Gasteiger partial charge in [0.25, 0.3) is 0 Å². The lowest BCUT2D eigenvalue weighted by molar-refractivity contribution is -0.120. The number of carbonyl (C=O) groups excluding carboxylic acids is 1. The van der Waals surface area contributed by atoms with Gasteiger partial charge in [0.05, 0.1) is 5.69 Å². The van der Waals surface area contributed by atoms with Gasteiger partial charge in [-0.15, -0.1) is 0 Å². The van der Waals surface area contributed by atoms with Crippen LogP contribution < -0.4 is 9.62 Å². The number of carbonyl (C=O) groups is 1. The van der Waals surface area contributed by atoms with Crippen molar-refractivity contribution in [2.75, 3.05) is 24.9 Å². The van der Waals surface area contributed by atoms with E-state index < -0.39 is 21.9 Å². The maximum Gasteiger partial charge on any atom is 0.304 e. The van der Waals surface area contributed by atoms with Crippen molar-refractivity contribution in [2.45, 2.75) is 26.3 Å². The van der Waals surface area contributed by atoms with E-state index in [1.165, 1.54) is 26.2 Å². The van der Waals surface area contributed by atoms with E-state index in [1.54, 1.807) is 0 Å². The summed E-state index contributed by atoms with van der Waals surface area (Å²) < 4.78 is 39.8. The predicted molar refractivity (Wildman–Crippen MR) is 84.2 cm³/mol. The monoisotopic (exact) mass is 331 g/mol. The van der Waals surface area contributed by atoms with E-state index in [0.717, 1.165) is 27.2 Å². The molecule has 1 N–H and O–H groups in total. The van der Waals surface area contributed by atoms with Crippen molar-refractivity contribution in [3.05, 3.63) is 30.1 Å². The first-order chi connectivity index (χ1) is 10.2. The van der Waals surface area contributed by atoms with Crippen LogP contribution in [-0.2, 0) is 15.0 Å². The van der Waals surface area contributed by atoms with Crippen LogP contribution in [0.3, 0.4) is 0 Å². The summed E-state index contributed by atoms with van der Waals surface area (Å²) in [5.41, 5.74) is 0.231. The number of hydrogen-bond donors (Lipinski definition) is 1. The molecule has 0 aromatic heterocycles. The lowest BCUT2D eigenvalue weighted by Crippen LogP contribution is -2.47. The van der Waals surface area contributed by atoms with Crippen LogP contribution in [0.1, 0.15) is 20.3 Å². The molecule has 1 amide bonds. The zero-order valence-electron chi connectivity index (χ0n) is 13.2. The Labute approximate surface area is 131 Å². The number of amides is 1. The topological polar surface area (TPSA) is 69.7 Å². The van der Waals surface area contributed by atoms with Gasteiger partial charge in [-0.05, 0) is 37.6 Å². The SMILES string of the molecule is CCC(C)NC(=O)CN(c1ccc(F)cc1)S(=O)(=O)N(C)C. The molecule has 1 atom stereocenters. The van der Waals surface area contributed by atoms with Crippen LogP contribution in [0.4, 0.5) is 10.1 Å². The van der Waals surface area contributed by atoms with Crippen LogP contribution in [0.5, 0.6) is 0 Å². The van der Waals surface area contributed by atoms with Gasteiger partial charge >= 0.3 is 10.2 Å². The van der Waals surface area contributed by atoms with Gasteiger partial charge in [-0.3, -0.25) is 4.79 Å². The molecule has 22 heavy (non-hydrogen) atoms. The molecule has 0 radical (unpaired) electrons. The Balaban J connectivity index is 3.08. The number of benzene rings is 1. The van der Waals surface area contributed by atoms with Gasteiger partial charge in [0.15, 0.2) is 0 Å². The van der Waals surface area contributed by atoms with Crippen LogP contribution in [-0.4, -0.2) is 45.3 Å². The normalized spacial score (nSPS) is 13.0. The first-order valence-corrected chi connectivity index (χ1v) is 8.33. The van der Waals surface area contributed by atoms with Crippen LogP contribution in [0.2, 0.25) is 0 Å². The van der Waals surface area contributed by atoms with Crippen LogP contribution >= 0.6 is 0 Å². The molecule has 1 rings (SSSR count). The van der Waals surface area contributed by atoms with Gasteiger partial charge in [-0.1, -0.05) is 6.92 Å². The molecule has 8 heteroatoms.